The maximum absolute atomic E-state index is 12.2. The predicted octanol–water partition coefficient (Wildman–Crippen LogP) is 1.29. The quantitative estimate of drug-likeness (QED) is 0.761. The van der Waals surface area contributed by atoms with Crippen LogP contribution in [0.1, 0.15) is 25.7 Å². The normalized spacial score (nSPS) is 31.4. The molecule has 0 aromatic heterocycles. The smallest absolute Gasteiger partial charge is 0.165 e. The fourth-order valence-electron chi connectivity index (χ4n) is 2.40. The lowest BCUT2D eigenvalue weighted by Gasteiger charge is -2.19. The van der Waals surface area contributed by atoms with Crippen molar-refractivity contribution in [2.75, 3.05) is 20.3 Å². The minimum atomic E-state index is 0.0411. The molecule has 0 aromatic rings. The zero-order valence-electron chi connectivity index (χ0n) is 9.29. The first-order valence-corrected chi connectivity index (χ1v) is 5.81. The molecule has 1 aliphatic carbocycles. The summed E-state index contributed by atoms with van der Waals surface area (Å²) >= 11 is 0. The van der Waals surface area contributed by atoms with Crippen LogP contribution in [-0.2, 0) is 9.53 Å². The van der Waals surface area contributed by atoms with E-state index in [0.29, 0.717) is 19.0 Å². The summed E-state index contributed by atoms with van der Waals surface area (Å²) in [4.78, 5) is 12.2. The fraction of sp³-hybridized carbons (Fsp3) is 0.750. The SMILES string of the molecule is CNC1COCC1C(=O)C1=CCCCC1. The van der Waals surface area contributed by atoms with Crippen LogP contribution in [0.15, 0.2) is 11.6 Å². The molecule has 0 spiro atoms. The van der Waals surface area contributed by atoms with Gasteiger partial charge in [0.15, 0.2) is 5.78 Å². The Kier molecular flexibility index (Phi) is 3.54. The van der Waals surface area contributed by atoms with E-state index in [-0.39, 0.29) is 12.0 Å². The van der Waals surface area contributed by atoms with Crippen molar-refractivity contribution in [2.45, 2.75) is 31.7 Å². The molecule has 2 atom stereocenters. The molecule has 0 saturated carbocycles. The monoisotopic (exact) mass is 209 g/mol. The molecule has 2 aliphatic rings. The maximum Gasteiger partial charge on any atom is 0.165 e. The van der Waals surface area contributed by atoms with Gasteiger partial charge in [0.2, 0.25) is 0 Å². The van der Waals surface area contributed by atoms with E-state index in [2.05, 4.69) is 11.4 Å². The molecule has 1 aliphatic heterocycles. The van der Waals surface area contributed by atoms with Gasteiger partial charge in [-0.15, -0.1) is 0 Å². The van der Waals surface area contributed by atoms with Crippen LogP contribution in [0.3, 0.4) is 0 Å². The summed E-state index contributed by atoms with van der Waals surface area (Å²) < 4.78 is 5.36. The van der Waals surface area contributed by atoms with Gasteiger partial charge in [-0.05, 0) is 38.3 Å². The van der Waals surface area contributed by atoms with Gasteiger partial charge in [0.05, 0.1) is 19.1 Å². The molecule has 0 bridgehead atoms. The second-order valence-electron chi connectivity index (χ2n) is 4.38. The first kappa shape index (κ1) is 10.8. The number of carbonyl (C=O) groups is 1. The third-order valence-corrected chi connectivity index (χ3v) is 3.40. The number of likely N-dealkylation sites (N-methyl/N-ethyl adjacent to an activating group) is 1. The van der Waals surface area contributed by atoms with Crippen LogP contribution in [0.25, 0.3) is 0 Å². The van der Waals surface area contributed by atoms with Crippen LogP contribution >= 0.6 is 0 Å². The van der Waals surface area contributed by atoms with Crippen molar-refractivity contribution >= 4 is 5.78 Å². The van der Waals surface area contributed by atoms with Gasteiger partial charge < -0.3 is 10.1 Å². The number of carbonyl (C=O) groups excluding carboxylic acids is 1. The first-order valence-electron chi connectivity index (χ1n) is 5.81. The molecule has 1 N–H and O–H groups in total. The van der Waals surface area contributed by atoms with E-state index >= 15 is 0 Å². The Bertz CT molecular complexity index is 273. The first-order chi connectivity index (χ1) is 7.33. The predicted molar refractivity (Wildman–Crippen MR) is 58.7 cm³/mol. The topological polar surface area (TPSA) is 38.3 Å². The number of hydrogen-bond donors (Lipinski definition) is 1. The second-order valence-corrected chi connectivity index (χ2v) is 4.38. The zero-order chi connectivity index (χ0) is 10.7. The van der Waals surface area contributed by atoms with E-state index in [1.54, 1.807) is 0 Å². The highest BCUT2D eigenvalue weighted by atomic mass is 16.5. The summed E-state index contributed by atoms with van der Waals surface area (Å²) in [5.74, 6) is 0.353. The Hall–Kier alpha value is -0.670. The summed E-state index contributed by atoms with van der Waals surface area (Å²) in [6.45, 7) is 1.25. The zero-order valence-corrected chi connectivity index (χ0v) is 9.29. The van der Waals surface area contributed by atoms with Crippen LogP contribution < -0.4 is 5.32 Å². The number of ether oxygens (including phenoxy) is 1. The average Bonchev–Trinajstić information content (AvgIpc) is 2.77. The molecule has 0 aromatic carbocycles. The molecule has 0 amide bonds. The highest BCUT2D eigenvalue weighted by Gasteiger charge is 2.34. The molecule has 1 heterocycles. The van der Waals surface area contributed by atoms with E-state index in [9.17, 15) is 4.79 Å². The van der Waals surface area contributed by atoms with Crippen molar-refractivity contribution < 1.29 is 9.53 Å². The van der Waals surface area contributed by atoms with Crippen molar-refractivity contribution in [1.29, 1.82) is 0 Å². The maximum atomic E-state index is 12.2. The Morgan fingerprint density at radius 3 is 3.00 bits per heavy atom. The third kappa shape index (κ3) is 2.29. The number of rotatable bonds is 3. The third-order valence-electron chi connectivity index (χ3n) is 3.40. The molecule has 2 rings (SSSR count). The van der Waals surface area contributed by atoms with E-state index in [4.69, 9.17) is 4.74 Å². The lowest BCUT2D eigenvalue weighted by Crippen LogP contribution is -2.37. The Labute approximate surface area is 90.9 Å². The Morgan fingerprint density at radius 1 is 1.47 bits per heavy atom. The van der Waals surface area contributed by atoms with Crippen molar-refractivity contribution in [2.24, 2.45) is 5.92 Å². The standard InChI is InChI=1S/C12H19NO2/c1-13-11-8-15-7-10(11)12(14)9-5-3-2-4-6-9/h5,10-11,13H,2-4,6-8H2,1H3. The second kappa shape index (κ2) is 4.90. The van der Waals surface area contributed by atoms with Gasteiger partial charge >= 0.3 is 0 Å². The van der Waals surface area contributed by atoms with Gasteiger partial charge in [-0.3, -0.25) is 4.79 Å². The van der Waals surface area contributed by atoms with Crippen LogP contribution in [0.4, 0.5) is 0 Å². The number of ketones is 1. The van der Waals surface area contributed by atoms with Gasteiger partial charge in [0.25, 0.3) is 0 Å². The number of allylic oxidation sites excluding steroid dienone is 2. The van der Waals surface area contributed by atoms with E-state index in [0.717, 1.165) is 24.8 Å². The summed E-state index contributed by atoms with van der Waals surface area (Å²) in [6.07, 6.45) is 6.55. The van der Waals surface area contributed by atoms with Crippen molar-refractivity contribution in [1.82, 2.24) is 5.32 Å². The fourth-order valence-corrected chi connectivity index (χ4v) is 2.40. The molecule has 15 heavy (non-hydrogen) atoms. The van der Waals surface area contributed by atoms with Crippen LogP contribution in [0.2, 0.25) is 0 Å². The molecule has 3 nitrogen and oxygen atoms in total. The number of nitrogens with one attached hydrogen (secondary N) is 1. The highest BCUT2D eigenvalue weighted by Crippen LogP contribution is 2.24. The lowest BCUT2D eigenvalue weighted by atomic mass is 9.87. The molecular weight excluding hydrogens is 190 g/mol. The Balaban J connectivity index is 2.03. The summed E-state index contributed by atoms with van der Waals surface area (Å²) in [5, 5.41) is 3.16. The van der Waals surface area contributed by atoms with E-state index in [1.807, 2.05) is 7.05 Å². The molecular formula is C12H19NO2. The largest absolute Gasteiger partial charge is 0.379 e. The minimum Gasteiger partial charge on any atom is -0.379 e. The average molecular weight is 209 g/mol. The summed E-state index contributed by atoms with van der Waals surface area (Å²) in [6, 6.07) is 0.209. The van der Waals surface area contributed by atoms with Crippen LogP contribution in [0.5, 0.6) is 0 Å². The van der Waals surface area contributed by atoms with E-state index < -0.39 is 0 Å². The van der Waals surface area contributed by atoms with Crippen molar-refractivity contribution in [3.8, 4) is 0 Å². The lowest BCUT2D eigenvalue weighted by molar-refractivity contribution is -0.119. The van der Waals surface area contributed by atoms with Gasteiger partial charge in [-0.25, -0.2) is 0 Å². The Morgan fingerprint density at radius 2 is 2.33 bits per heavy atom. The molecule has 3 heteroatoms. The van der Waals surface area contributed by atoms with Gasteiger partial charge in [0.1, 0.15) is 0 Å². The number of Topliss-reactive ketones (excluding diaryl/α,β-unsaturated/α-hetero) is 1. The van der Waals surface area contributed by atoms with Gasteiger partial charge in [-0.1, -0.05) is 6.08 Å². The highest BCUT2D eigenvalue weighted by molar-refractivity contribution is 5.98. The number of hydrogen-bond acceptors (Lipinski definition) is 3. The molecule has 2 unspecified atom stereocenters. The van der Waals surface area contributed by atoms with Crippen molar-refractivity contribution in [3.05, 3.63) is 11.6 Å². The molecule has 1 fully saturated rings. The van der Waals surface area contributed by atoms with Crippen LogP contribution in [0, 0.1) is 5.92 Å². The van der Waals surface area contributed by atoms with Crippen LogP contribution in [-0.4, -0.2) is 32.1 Å². The van der Waals surface area contributed by atoms with Crippen molar-refractivity contribution in [3.63, 3.8) is 0 Å². The molecule has 1 saturated heterocycles. The summed E-state index contributed by atoms with van der Waals surface area (Å²) in [5.41, 5.74) is 1.04. The van der Waals surface area contributed by atoms with E-state index in [1.165, 1.54) is 6.42 Å². The molecule has 0 radical (unpaired) electrons. The molecule has 84 valence electrons. The summed E-state index contributed by atoms with van der Waals surface area (Å²) in [7, 11) is 1.90. The minimum absolute atomic E-state index is 0.0411. The van der Waals surface area contributed by atoms with Gasteiger partial charge in [-0.2, -0.15) is 0 Å². The van der Waals surface area contributed by atoms with Gasteiger partial charge in [0, 0.05) is 6.04 Å².